The van der Waals surface area contributed by atoms with Gasteiger partial charge in [-0.3, -0.25) is 0 Å². The van der Waals surface area contributed by atoms with E-state index in [-0.39, 0.29) is 11.9 Å². The number of aromatic nitrogens is 4. The SMILES string of the molecule is Oc1cc(-n2ccnc2)ccc1-c1ccc(OC2C[C@H]3CC[C@@H](C2)N3)nn1. The van der Waals surface area contributed by atoms with Crippen molar-refractivity contribution in [1.82, 2.24) is 25.1 Å². The summed E-state index contributed by atoms with van der Waals surface area (Å²) in [5, 5.41) is 22.5. The molecule has 0 spiro atoms. The summed E-state index contributed by atoms with van der Waals surface area (Å²) in [5.74, 6) is 0.693. The molecule has 0 amide bonds. The minimum absolute atomic E-state index is 0.152. The summed E-state index contributed by atoms with van der Waals surface area (Å²) in [6, 6.07) is 10.2. The van der Waals surface area contributed by atoms with Crippen LogP contribution in [-0.2, 0) is 0 Å². The number of rotatable bonds is 4. The van der Waals surface area contributed by atoms with Crippen molar-refractivity contribution in [2.45, 2.75) is 43.9 Å². The molecule has 2 bridgehead atoms. The van der Waals surface area contributed by atoms with Gasteiger partial charge >= 0.3 is 0 Å². The van der Waals surface area contributed by atoms with Crippen molar-refractivity contribution in [2.24, 2.45) is 0 Å². The molecule has 2 fully saturated rings. The number of ether oxygens (including phenoxy) is 1. The van der Waals surface area contributed by atoms with Gasteiger partial charge in [0.1, 0.15) is 11.9 Å². The molecule has 2 saturated heterocycles. The summed E-state index contributed by atoms with van der Waals surface area (Å²) < 4.78 is 7.87. The monoisotopic (exact) mass is 363 g/mol. The molecule has 27 heavy (non-hydrogen) atoms. The van der Waals surface area contributed by atoms with Gasteiger partial charge in [-0.05, 0) is 43.9 Å². The Labute approximate surface area is 157 Å². The number of nitrogens with zero attached hydrogens (tertiary/aromatic N) is 4. The number of hydrogen-bond donors (Lipinski definition) is 2. The van der Waals surface area contributed by atoms with Crippen molar-refractivity contribution in [3.8, 4) is 28.6 Å². The topological polar surface area (TPSA) is 85.1 Å². The summed E-state index contributed by atoms with van der Waals surface area (Å²) >= 11 is 0. The van der Waals surface area contributed by atoms with Gasteiger partial charge < -0.3 is 19.7 Å². The number of nitrogens with one attached hydrogen (secondary N) is 1. The van der Waals surface area contributed by atoms with Gasteiger partial charge in [0.25, 0.3) is 0 Å². The van der Waals surface area contributed by atoms with Crippen LogP contribution in [-0.4, -0.2) is 43.0 Å². The van der Waals surface area contributed by atoms with Crippen molar-refractivity contribution < 1.29 is 9.84 Å². The van der Waals surface area contributed by atoms with Crippen molar-refractivity contribution in [1.29, 1.82) is 0 Å². The molecule has 7 nitrogen and oxygen atoms in total. The first-order valence-corrected chi connectivity index (χ1v) is 9.33. The molecule has 2 aromatic heterocycles. The van der Waals surface area contributed by atoms with Crippen LogP contribution in [0.4, 0.5) is 0 Å². The third-order valence-electron chi connectivity index (χ3n) is 5.42. The smallest absolute Gasteiger partial charge is 0.233 e. The van der Waals surface area contributed by atoms with Gasteiger partial charge in [0.05, 0.1) is 17.7 Å². The summed E-state index contributed by atoms with van der Waals surface area (Å²) in [7, 11) is 0. The molecule has 2 aliphatic rings. The van der Waals surface area contributed by atoms with Gasteiger partial charge in [0, 0.05) is 42.2 Å². The van der Waals surface area contributed by atoms with E-state index in [1.807, 2.05) is 35.0 Å². The summed E-state index contributed by atoms with van der Waals surface area (Å²) in [6.45, 7) is 0. The highest BCUT2D eigenvalue weighted by molar-refractivity contribution is 5.68. The fraction of sp³-hybridized carbons (Fsp3) is 0.350. The van der Waals surface area contributed by atoms with Gasteiger partial charge in [0.2, 0.25) is 5.88 Å². The Morgan fingerprint density at radius 3 is 2.59 bits per heavy atom. The standard InChI is InChI=1S/C20H21N5O2/c26-19-11-15(25-8-7-21-12-25)3-4-17(19)18-5-6-20(24-23-18)27-16-9-13-1-2-14(10-16)22-13/h3-8,11-14,16,22,26H,1-2,9-10H2/t13-,14+,16?. The van der Waals surface area contributed by atoms with Gasteiger partial charge in [-0.1, -0.05) is 0 Å². The Morgan fingerprint density at radius 2 is 1.93 bits per heavy atom. The van der Waals surface area contributed by atoms with E-state index in [4.69, 9.17) is 4.74 Å². The maximum absolute atomic E-state index is 10.4. The van der Waals surface area contributed by atoms with E-state index in [9.17, 15) is 5.11 Å². The average Bonchev–Trinajstić information content (AvgIpc) is 3.32. The van der Waals surface area contributed by atoms with Crippen LogP contribution >= 0.6 is 0 Å². The molecule has 5 rings (SSSR count). The van der Waals surface area contributed by atoms with Crippen molar-refractivity contribution in [3.05, 3.63) is 49.1 Å². The predicted molar refractivity (Wildman–Crippen MR) is 99.9 cm³/mol. The first-order valence-electron chi connectivity index (χ1n) is 9.33. The van der Waals surface area contributed by atoms with Gasteiger partial charge in [-0.15, -0.1) is 10.2 Å². The van der Waals surface area contributed by atoms with Crippen LogP contribution in [0.25, 0.3) is 16.9 Å². The molecule has 138 valence electrons. The molecule has 0 aliphatic carbocycles. The van der Waals surface area contributed by atoms with Crippen molar-refractivity contribution >= 4 is 0 Å². The largest absolute Gasteiger partial charge is 0.507 e. The molecule has 0 saturated carbocycles. The number of piperidine rings is 1. The number of imidazole rings is 1. The second kappa shape index (κ2) is 6.66. The van der Waals surface area contributed by atoms with Crippen molar-refractivity contribution in [2.75, 3.05) is 0 Å². The average molecular weight is 363 g/mol. The molecule has 3 atom stereocenters. The van der Waals surface area contributed by atoms with Gasteiger partial charge in [0.15, 0.2) is 0 Å². The highest BCUT2D eigenvalue weighted by Gasteiger charge is 2.34. The Kier molecular flexibility index (Phi) is 4.01. The van der Waals surface area contributed by atoms with Crippen LogP contribution in [0.5, 0.6) is 11.6 Å². The lowest BCUT2D eigenvalue weighted by molar-refractivity contribution is 0.130. The summed E-state index contributed by atoms with van der Waals surface area (Å²) in [4.78, 5) is 4.02. The van der Waals surface area contributed by atoms with Crippen LogP contribution in [0.3, 0.4) is 0 Å². The lowest BCUT2D eigenvalue weighted by Gasteiger charge is -2.28. The van der Waals surface area contributed by atoms with E-state index in [0.29, 0.717) is 29.2 Å². The molecular formula is C20H21N5O2. The zero-order valence-corrected chi connectivity index (χ0v) is 14.8. The number of hydrogen-bond acceptors (Lipinski definition) is 6. The third-order valence-corrected chi connectivity index (χ3v) is 5.42. The molecule has 1 aromatic carbocycles. The minimum atomic E-state index is 0.152. The Morgan fingerprint density at radius 1 is 1.07 bits per heavy atom. The second-order valence-electron chi connectivity index (χ2n) is 7.28. The maximum atomic E-state index is 10.4. The molecule has 2 N–H and O–H groups in total. The summed E-state index contributed by atoms with van der Waals surface area (Å²) in [5.41, 5.74) is 2.09. The number of phenolic OH excluding ortho intramolecular Hbond substituents is 1. The van der Waals surface area contributed by atoms with E-state index < -0.39 is 0 Å². The van der Waals surface area contributed by atoms with E-state index in [0.717, 1.165) is 18.5 Å². The lowest BCUT2D eigenvalue weighted by atomic mass is 10.0. The lowest BCUT2D eigenvalue weighted by Crippen LogP contribution is -2.42. The Balaban J connectivity index is 1.31. The van der Waals surface area contributed by atoms with E-state index in [2.05, 4.69) is 20.5 Å². The summed E-state index contributed by atoms with van der Waals surface area (Å²) in [6.07, 6.45) is 9.94. The molecular weight excluding hydrogens is 342 g/mol. The van der Waals surface area contributed by atoms with E-state index >= 15 is 0 Å². The zero-order chi connectivity index (χ0) is 18.2. The van der Waals surface area contributed by atoms with Crippen LogP contribution in [0.2, 0.25) is 0 Å². The number of fused-ring (bicyclic) bond motifs is 2. The van der Waals surface area contributed by atoms with Crippen LogP contribution in [0.15, 0.2) is 49.1 Å². The first kappa shape index (κ1) is 16.3. The van der Waals surface area contributed by atoms with Gasteiger partial charge in [-0.25, -0.2) is 4.98 Å². The second-order valence-corrected chi connectivity index (χ2v) is 7.28. The van der Waals surface area contributed by atoms with Crippen LogP contribution < -0.4 is 10.1 Å². The van der Waals surface area contributed by atoms with Gasteiger partial charge in [-0.2, -0.15) is 0 Å². The molecule has 7 heteroatoms. The third kappa shape index (κ3) is 3.26. The predicted octanol–water partition coefficient (Wildman–Crippen LogP) is 2.70. The molecule has 3 aromatic rings. The zero-order valence-electron chi connectivity index (χ0n) is 14.8. The normalized spacial score (nSPS) is 24.1. The maximum Gasteiger partial charge on any atom is 0.233 e. The Bertz CT molecular complexity index is 914. The molecule has 0 radical (unpaired) electrons. The molecule has 2 aliphatic heterocycles. The van der Waals surface area contributed by atoms with Crippen LogP contribution in [0, 0.1) is 0 Å². The fourth-order valence-electron chi connectivity index (χ4n) is 4.11. The number of benzene rings is 1. The Hall–Kier alpha value is -2.93. The quantitative estimate of drug-likeness (QED) is 0.741. The van der Waals surface area contributed by atoms with Crippen molar-refractivity contribution in [3.63, 3.8) is 0 Å². The molecule has 1 unspecified atom stereocenters. The molecule has 4 heterocycles. The number of phenols is 1. The minimum Gasteiger partial charge on any atom is -0.507 e. The van der Waals surface area contributed by atoms with E-state index in [1.54, 1.807) is 18.6 Å². The van der Waals surface area contributed by atoms with Crippen LogP contribution in [0.1, 0.15) is 25.7 Å². The fourth-order valence-corrected chi connectivity index (χ4v) is 4.11. The highest BCUT2D eigenvalue weighted by Crippen LogP contribution is 2.31. The first-order chi connectivity index (χ1) is 13.2. The highest BCUT2D eigenvalue weighted by atomic mass is 16.5. The number of aromatic hydroxyl groups is 1. The van der Waals surface area contributed by atoms with E-state index in [1.165, 1.54) is 12.8 Å².